The highest BCUT2D eigenvalue weighted by molar-refractivity contribution is 6.46. The molecule has 2 fully saturated rings. The van der Waals surface area contributed by atoms with Gasteiger partial charge in [0.25, 0.3) is 11.7 Å². The second-order valence-corrected chi connectivity index (χ2v) is 10.4. The minimum absolute atomic E-state index is 0.0259. The highest BCUT2D eigenvalue weighted by Crippen LogP contribution is 2.41. The molecule has 1 amide bonds. The van der Waals surface area contributed by atoms with Crippen molar-refractivity contribution >= 4 is 23.1 Å². The number of likely N-dealkylation sites (tertiary alicyclic amines) is 1. The lowest BCUT2D eigenvalue weighted by Gasteiger charge is -2.31. The predicted molar refractivity (Wildman–Crippen MR) is 154 cm³/mol. The molecule has 1 N–H and O–H groups in total. The summed E-state index contributed by atoms with van der Waals surface area (Å²) in [6, 6.07) is 19.8. The van der Waals surface area contributed by atoms with Crippen LogP contribution in [0.4, 0.5) is 0 Å². The number of carbonyl (C=O) groups excluding carboxylic acids is 2. The van der Waals surface area contributed by atoms with Gasteiger partial charge in [0.15, 0.2) is 5.76 Å². The summed E-state index contributed by atoms with van der Waals surface area (Å²) < 4.78 is 13.4. The van der Waals surface area contributed by atoms with Crippen molar-refractivity contribution in [1.29, 1.82) is 0 Å². The first-order valence-electron chi connectivity index (χ1n) is 13.8. The summed E-state index contributed by atoms with van der Waals surface area (Å²) in [5.74, 6) is -0.417. The Morgan fingerprint density at radius 1 is 0.976 bits per heavy atom. The summed E-state index contributed by atoms with van der Waals surface area (Å²) in [6.45, 7) is 7.46. The minimum atomic E-state index is -0.805. The number of rotatable bonds is 7. The number of amides is 1. The average molecular weight is 553 g/mol. The van der Waals surface area contributed by atoms with Gasteiger partial charge in [-0.15, -0.1) is 0 Å². The fourth-order valence-corrected chi connectivity index (χ4v) is 5.58. The molecule has 2 aromatic heterocycles. The second kappa shape index (κ2) is 11.2. The van der Waals surface area contributed by atoms with Crippen molar-refractivity contribution in [3.8, 4) is 11.5 Å². The molecule has 2 aliphatic heterocycles. The summed E-state index contributed by atoms with van der Waals surface area (Å²) in [5.41, 5.74) is 3.27. The maximum Gasteiger partial charge on any atom is 0.295 e. The van der Waals surface area contributed by atoms with E-state index in [1.807, 2.05) is 91.2 Å². The number of ketones is 1. The molecule has 210 valence electrons. The van der Waals surface area contributed by atoms with Crippen molar-refractivity contribution in [3.63, 3.8) is 0 Å². The molecular formula is C32H32N4O5. The van der Waals surface area contributed by atoms with Gasteiger partial charge in [0.05, 0.1) is 30.5 Å². The third kappa shape index (κ3) is 5.10. The molecule has 4 aromatic rings. The van der Waals surface area contributed by atoms with E-state index in [-0.39, 0.29) is 17.0 Å². The van der Waals surface area contributed by atoms with Gasteiger partial charge in [-0.05, 0) is 55.3 Å². The number of pyridine rings is 1. The van der Waals surface area contributed by atoms with E-state index in [1.165, 1.54) is 0 Å². The number of aliphatic hydroxyl groups excluding tert-OH is 1. The van der Waals surface area contributed by atoms with E-state index >= 15 is 0 Å². The molecule has 41 heavy (non-hydrogen) atoms. The maximum atomic E-state index is 13.6. The molecule has 0 bridgehead atoms. The third-order valence-electron chi connectivity index (χ3n) is 7.76. The van der Waals surface area contributed by atoms with Gasteiger partial charge in [-0.25, -0.2) is 4.98 Å². The Labute approximate surface area is 238 Å². The van der Waals surface area contributed by atoms with Gasteiger partial charge in [-0.3, -0.25) is 14.5 Å². The average Bonchev–Trinajstić information content (AvgIpc) is 3.47. The number of hydrogen-bond acceptors (Lipinski definition) is 7. The predicted octanol–water partition coefficient (Wildman–Crippen LogP) is 4.50. The van der Waals surface area contributed by atoms with Crippen molar-refractivity contribution in [1.82, 2.24) is 19.2 Å². The third-order valence-corrected chi connectivity index (χ3v) is 7.76. The Balaban J connectivity index is 1.44. The van der Waals surface area contributed by atoms with Crippen molar-refractivity contribution in [2.45, 2.75) is 19.9 Å². The minimum Gasteiger partial charge on any atom is -0.505 e. The topological polar surface area (TPSA) is 96.6 Å². The first-order chi connectivity index (χ1) is 19.9. The van der Waals surface area contributed by atoms with Crippen molar-refractivity contribution in [2.24, 2.45) is 0 Å². The zero-order chi connectivity index (χ0) is 28.5. The fourth-order valence-electron chi connectivity index (χ4n) is 5.58. The van der Waals surface area contributed by atoms with E-state index in [2.05, 4.69) is 9.88 Å². The van der Waals surface area contributed by atoms with E-state index < -0.39 is 17.7 Å². The molecule has 1 unspecified atom stereocenters. The molecule has 4 heterocycles. The number of hydrogen-bond donors (Lipinski definition) is 1. The van der Waals surface area contributed by atoms with E-state index in [0.717, 1.165) is 18.7 Å². The molecule has 1 atom stereocenters. The second-order valence-electron chi connectivity index (χ2n) is 10.4. The molecular weight excluding hydrogens is 520 g/mol. The summed E-state index contributed by atoms with van der Waals surface area (Å²) in [7, 11) is 0. The standard InChI is InChI=1S/C32H32N4O5/c1-21-8-7-13-35-22(2)27(33-31(21)35)29(37)26-28(23-9-6-12-25(20-23)41-24-10-4-3-5-11-24)36(32(39)30(26)38)15-14-34-16-18-40-19-17-34/h3-13,20,28,37H,14-19H2,1-2H3/b29-26+. The Morgan fingerprint density at radius 2 is 1.73 bits per heavy atom. The highest BCUT2D eigenvalue weighted by atomic mass is 16.5. The number of imidazole rings is 1. The molecule has 9 heteroatoms. The zero-order valence-corrected chi connectivity index (χ0v) is 23.1. The first kappa shape index (κ1) is 26.7. The van der Waals surface area contributed by atoms with Crippen LogP contribution in [-0.2, 0) is 14.3 Å². The number of carbonyl (C=O) groups is 2. The number of benzene rings is 2. The van der Waals surface area contributed by atoms with Crippen LogP contribution in [0.15, 0.2) is 78.5 Å². The van der Waals surface area contributed by atoms with Crippen LogP contribution in [0.2, 0.25) is 0 Å². The summed E-state index contributed by atoms with van der Waals surface area (Å²) in [5, 5.41) is 11.7. The number of aliphatic hydroxyl groups is 1. The number of aryl methyl sites for hydroxylation is 2. The molecule has 9 nitrogen and oxygen atoms in total. The van der Waals surface area contributed by atoms with Crippen LogP contribution >= 0.6 is 0 Å². The Kier molecular flexibility index (Phi) is 7.30. The van der Waals surface area contributed by atoms with E-state index in [9.17, 15) is 14.7 Å². The number of Topliss-reactive ketones (excluding diaryl/α,β-unsaturated/α-hetero) is 1. The number of aromatic nitrogens is 2. The van der Waals surface area contributed by atoms with Gasteiger partial charge in [0.1, 0.15) is 22.8 Å². The van der Waals surface area contributed by atoms with Crippen LogP contribution in [0, 0.1) is 13.8 Å². The first-order valence-corrected chi connectivity index (χ1v) is 13.8. The Hall–Kier alpha value is -4.47. The SMILES string of the molecule is Cc1cccn2c(C)c(/C(O)=C3\C(=O)C(=O)N(CCN4CCOCC4)C3c3cccc(Oc4ccccc4)c3)nc12. The van der Waals surface area contributed by atoms with Gasteiger partial charge in [-0.2, -0.15) is 0 Å². The monoisotopic (exact) mass is 552 g/mol. The molecule has 0 saturated carbocycles. The van der Waals surface area contributed by atoms with Gasteiger partial charge in [-0.1, -0.05) is 36.4 Å². The maximum absolute atomic E-state index is 13.6. The van der Waals surface area contributed by atoms with Crippen molar-refractivity contribution < 1.29 is 24.2 Å². The summed E-state index contributed by atoms with van der Waals surface area (Å²) in [4.78, 5) is 35.6. The number of nitrogens with zero attached hydrogens (tertiary/aromatic N) is 4. The number of para-hydroxylation sites is 1. The van der Waals surface area contributed by atoms with Crippen LogP contribution < -0.4 is 4.74 Å². The highest BCUT2D eigenvalue weighted by Gasteiger charge is 2.46. The smallest absolute Gasteiger partial charge is 0.295 e. The Morgan fingerprint density at radius 3 is 2.49 bits per heavy atom. The lowest BCUT2D eigenvalue weighted by molar-refractivity contribution is -0.140. The lowest BCUT2D eigenvalue weighted by atomic mass is 9.96. The number of morpholine rings is 1. The summed E-state index contributed by atoms with van der Waals surface area (Å²) >= 11 is 0. The van der Waals surface area contributed by atoms with Gasteiger partial charge in [0, 0.05) is 32.4 Å². The van der Waals surface area contributed by atoms with Gasteiger partial charge < -0.3 is 23.9 Å². The van der Waals surface area contributed by atoms with Crippen LogP contribution in [0.5, 0.6) is 11.5 Å². The molecule has 2 aromatic carbocycles. The van der Waals surface area contributed by atoms with E-state index in [0.29, 0.717) is 54.7 Å². The van der Waals surface area contributed by atoms with Crippen LogP contribution in [-0.4, -0.2) is 75.4 Å². The largest absolute Gasteiger partial charge is 0.505 e. The Bertz CT molecular complexity index is 1640. The summed E-state index contributed by atoms with van der Waals surface area (Å²) in [6.07, 6.45) is 1.87. The molecule has 0 aliphatic carbocycles. The van der Waals surface area contributed by atoms with Crippen LogP contribution in [0.1, 0.15) is 28.6 Å². The van der Waals surface area contributed by atoms with Gasteiger partial charge >= 0.3 is 0 Å². The molecule has 6 rings (SSSR count). The van der Waals surface area contributed by atoms with Gasteiger partial charge in [0.2, 0.25) is 0 Å². The molecule has 0 spiro atoms. The number of fused-ring (bicyclic) bond motifs is 1. The van der Waals surface area contributed by atoms with Crippen LogP contribution in [0.25, 0.3) is 11.4 Å². The van der Waals surface area contributed by atoms with E-state index in [4.69, 9.17) is 9.47 Å². The van der Waals surface area contributed by atoms with Crippen molar-refractivity contribution in [3.05, 3.63) is 101 Å². The quantitative estimate of drug-likeness (QED) is 0.205. The van der Waals surface area contributed by atoms with Crippen molar-refractivity contribution in [2.75, 3.05) is 39.4 Å². The van der Waals surface area contributed by atoms with E-state index in [1.54, 1.807) is 4.90 Å². The number of ether oxygens (including phenoxy) is 2. The zero-order valence-electron chi connectivity index (χ0n) is 23.1. The molecule has 0 radical (unpaired) electrons. The normalized spacial score (nSPS) is 19.3. The van der Waals surface area contributed by atoms with Crippen LogP contribution in [0.3, 0.4) is 0 Å². The molecule has 2 aliphatic rings. The fraction of sp³-hybridized carbons (Fsp3) is 0.281. The lowest BCUT2D eigenvalue weighted by Crippen LogP contribution is -2.42. The molecule has 2 saturated heterocycles.